The van der Waals surface area contributed by atoms with E-state index in [1.165, 1.54) is 0 Å². The molecule has 4 heterocycles. The van der Waals surface area contributed by atoms with Gasteiger partial charge in [0.25, 0.3) is 0 Å². The fraction of sp³-hybridized carbons (Fsp3) is 0.294. The van der Waals surface area contributed by atoms with Gasteiger partial charge in [0.15, 0.2) is 0 Å². The van der Waals surface area contributed by atoms with Crippen molar-refractivity contribution < 1.29 is 28.5 Å². The van der Waals surface area contributed by atoms with Crippen molar-refractivity contribution in [1.82, 2.24) is 9.80 Å². The first kappa shape index (κ1) is 34.3. The summed E-state index contributed by atoms with van der Waals surface area (Å²) in [5, 5.41) is 8.00. The zero-order valence-electron chi connectivity index (χ0n) is 26.2. The van der Waals surface area contributed by atoms with E-state index in [2.05, 4.69) is 0 Å². The van der Waals surface area contributed by atoms with Gasteiger partial charge >= 0.3 is 12.2 Å². The highest BCUT2D eigenvalue weighted by Gasteiger charge is 2.19. The van der Waals surface area contributed by atoms with Crippen molar-refractivity contribution in [3.63, 3.8) is 0 Å². The summed E-state index contributed by atoms with van der Waals surface area (Å²) in [7, 11) is 3.86. The molecular weight excluding hydrogens is 675 g/mol. The molecular formula is C34H37N3O6S4. The smallest absolute Gasteiger partial charge is 0.410 e. The second kappa shape index (κ2) is 17.8. The summed E-state index contributed by atoms with van der Waals surface area (Å²) in [5.41, 5.74) is 0.877. The summed E-state index contributed by atoms with van der Waals surface area (Å²) in [4.78, 5) is 35.7. The summed E-state index contributed by atoms with van der Waals surface area (Å²) in [6, 6.07) is 21.5. The number of benzene rings is 1. The van der Waals surface area contributed by atoms with Gasteiger partial charge in [0, 0.05) is 57.5 Å². The van der Waals surface area contributed by atoms with E-state index < -0.39 is 0 Å². The maximum atomic E-state index is 13.0. The number of rotatable bonds is 17. The van der Waals surface area contributed by atoms with E-state index in [4.69, 9.17) is 18.9 Å². The van der Waals surface area contributed by atoms with Gasteiger partial charge in [-0.3, -0.25) is 9.80 Å². The number of amides is 2. The number of carbonyl (C=O) groups is 2. The van der Waals surface area contributed by atoms with Crippen LogP contribution in [-0.2, 0) is 35.7 Å². The summed E-state index contributed by atoms with van der Waals surface area (Å²) < 4.78 is 23.1. The van der Waals surface area contributed by atoms with E-state index in [-0.39, 0.29) is 38.6 Å². The van der Waals surface area contributed by atoms with Crippen LogP contribution >= 0.6 is 45.3 Å². The molecule has 0 saturated carbocycles. The number of hydrogen-bond donors (Lipinski definition) is 0. The van der Waals surface area contributed by atoms with Crippen LogP contribution in [0.4, 0.5) is 15.3 Å². The fourth-order valence-electron chi connectivity index (χ4n) is 4.47. The van der Waals surface area contributed by atoms with Gasteiger partial charge in [0.05, 0.1) is 26.2 Å². The van der Waals surface area contributed by atoms with Crippen LogP contribution in [-0.4, -0.2) is 62.5 Å². The maximum Gasteiger partial charge on any atom is 0.410 e. The molecule has 1 aromatic carbocycles. The zero-order chi connectivity index (χ0) is 32.8. The van der Waals surface area contributed by atoms with Gasteiger partial charge in [-0.1, -0.05) is 24.3 Å². The number of carbonyl (C=O) groups excluding carboxylic acids is 2. The lowest BCUT2D eigenvalue weighted by Gasteiger charge is -2.21. The van der Waals surface area contributed by atoms with Crippen LogP contribution in [0.5, 0.6) is 11.5 Å². The topological polar surface area (TPSA) is 80.8 Å². The highest BCUT2D eigenvalue weighted by atomic mass is 32.1. The van der Waals surface area contributed by atoms with Crippen LogP contribution in [0, 0.1) is 0 Å². The van der Waals surface area contributed by atoms with Crippen molar-refractivity contribution in [2.24, 2.45) is 0 Å². The molecule has 0 aliphatic carbocycles. The molecule has 0 atom stereocenters. The van der Waals surface area contributed by atoms with Gasteiger partial charge in [-0.25, -0.2) is 9.59 Å². The first-order valence-corrected chi connectivity index (χ1v) is 18.5. The SMILES string of the molecule is CN(C)c1cc(OCCOC(=O)N(Cc2cccs2)Cc2cccs2)cc(OCCOC(=O)N(Cc2cccs2)Cc2cccs2)c1. The lowest BCUT2D eigenvalue weighted by molar-refractivity contribution is 0.0836. The maximum absolute atomic E-state index is 13.0. The Morgan fingerprint density at radius 3 is 1.21 bits per heavy atom. The normalized spacial score (nSPS) is 10.8. The second-order valence-electron chi connectivity index (χ2n) is 10.5. The molecule has 0 radical (unpaired) electrons. The molecule has 47 heavy (non-hydrogen) atoms. The predicted octanol–water partition coefficient (Wildman–Crippen LogP) is 8.43. The Morgan fingerprint density at radius 1 is 0.553 bits per heavy atom. The quantitative estimate of drug-likeness (QED) is 0.0896. The molecule has 248 valence electrons. The molecule has 0 aliphatic heterocycles. The third-order valence-electron chi connectivity index (χ3n) is 6.76. The molecule has 0 bridgehead atoms. The molecule has 5 aromatic rings. The standard InChI is InChI=1S/C34H37N3O6S4/c1-35(2)26-19-27(40-11-13-42-33(38)36(22-29-7-3-15-44-29)23-30-8-4-16-45-30)21-28(20-26)41-12-14-43-34(39)37(24-31-9-5-17-46-31)25-32-10-6-18-47-32/h3-10,15-21H,11-14,22-25H2,1-2H3. The lowest BCUT2D eigenvalue weighted by atomic mass is 10.2. The summed E-state index contributed by atoms with van der Waals surface area (Å²) in [5.74, 6) is 1.15. The minimum atomic E-state index is -0.389. The Morgan fingerprint density at radius 2 is 0.915 bits per heavy atom. The molecule has 4 aromatic heterocycles. The van der Waals surface area contributed by atoms with Gasteiger partial charge < -0.3 is 23.8 Å². The minimum absolute atomic E-state index is 0.0932. The van der Waals surface area contributed by atoms with E-state index in [0.717, 1.165) is 25.2 Å². The highest BCUT2D eigenvalue weighted by molar-refractivity contribution is 7.10. The second-order valence-corrected chi connectivity index (χ2v) is 14.6. The number of hydrogen-bond acceptors (Lipinski definition) is 11. The zero-order valence-corrected chi connectivity index (χ0v) is 29.5. The van der Waals surface area contributed by atoms with E-state index in [9.17, 15) is 9.59 Å². The van der Waals surface area contributed by atoms with Crippen LogP contribution in [0.15, 0.2) is 88.3 Å². The molecule has 0 saturated heterocycles. The minimum Gasteiger partial charge on any atom is -0.490 e. The number of nitrogens with zero attached hydrogens (tertiary/aromatic N) is 3. The first-order valence-electron chi connectivity index (χ1n) is 14.9. The van der Waals surface area contributed by atoms with Crippen LogP contribution in [0.25, 0.3) is 0 Å². The molecule has 9 nitrogen and oxygen atoms in total. The third-order valence-corrected chi connectivity index (χ3v) is 10.2. The van der Waals surface area contributed by atoms with E-state index in [0.29, 0.717) is 37.7 Å². The Bertz CT molecular complexity index is 1440. The summed E-state index contributed by atoms with van der Waals surface area (Å²) in [6.45, 7) is 2.47. The average molecular weight is 712 g/mol. The van der Waals surface area contributed by atoms with E-state index in [1.807, 2.05) is 101 Å². The van der Waals surface area contributed by atoms with Crippen molar-refractivity contribution in [3.05, 3.63) is 108 Å². The number of anilines is 1. The van der Waals surface area contributed by atoms with Gasteiger partial charge in [-0.05, 0) is 45.8 Å². The van der Waals surface area contributed by atoms with Crippen molar-refractivity contribution in [3.8, 4) is 11.5 Å². The molecule has 2 amide bonds. The van der Waals surface area contributed by atoms with Crippen molar-refractivity contribution in [1.29, 1.82) is 0 Å². The van der Waals surface area contributed by atoms with Gasteiger partial charge in [0.1, 0.15) is 37.9 Å². The largest absolute Gasteiger partial charge is 0.490 e. The Kier molecular flexibility index (Phi) is 13.0. The molecule has 5 rings (SSSR count). The number of ether oxygens (including phenoxy) is 4. The van der Waals surface area contributed by atoms with Crippen molar-refractivity contribution >= 4 is 63.2 Å². The van der Waals surface area contributed by atoms with Crippen LogP contribution in [0.1, 0.15) is 19.5 Å². The summed E-state index contributed by atoms with van der Waals surface area (Å²) >= 11 is 6.44. The molecule has 13 heteroatoms. The number of thiophene rings is 4. The monoisotopic (exact) mass is 711 g/mol. The molecule has 0 N–H and O–H groups in total. The van der Waals surface area contributed by atoms with Crippen molar-refractivity contribution in [2.75, 3.05) is 45.4 Å². The molecule has 0 spiro atoms. The van der Waals surface area contributed by atoms with E-state index in [1.54, 1.807) is 61.2 Å². The molecule has 0 fully saturated rings. The van der Waals surface area contributed by atoms with Gasteiger partial charge in [-0.2, -0.15) is 0 Å². The predicted molar refractivity (Wildman–Crippen MR) is 190 cm³/mol. The van der Waals surface area contributed by atoms with Crippen LogP contribution in [0.3, 0.4) is 0 Å². The lowest BCUT2D eigenvalue weighted by Crippen LogP contribution is -2.31. The average Bonchev–Trinajstić information content (AvgIpc) is 3.90. The molecule has 0 unspecified atom stereocenters. The van der Waals surface area contributed by atoms with Crippen molar-refractivity contribution in [2.45, 2.75) is 26.2 Å². The Balaban J connectivity index is 1.10. The fourth-order valence-corrected chi connectivity index (χ4v) is 7.35. The molecule has 0 aliphatic rings. The third kappa shape index (κ3) is 11.0. The van der Waals surface area contributed by atoms with Crippen LogP contribution in [0.2, 0.25) is 0 Å². The van der Waals surface area contributed by atoms with Gasteiger partial charge in [-0.15, -0.1) is 45.3 Å². The summed E-state index contributed by atoms with van der Waals surface area (Å²) in [6.07, 6.45) is -0.777. The Labute approximate surface area is 291 Å². The van der Waals surface area contributed by atoms with E-state index >= 15 is 0 Å². The highest BCUT2D eigenvalue weighted by Crippen LogP contribution is 2.28. The Hall–Kier alpha value is -4.04. The first-order chi connectivity index (χ1) is 22.9. The van der Waals surface area contributed by atoms with Crippen LogP contribution < -0.4 is 14.4 Å². The van der Waals surface area contributed by atoms with Gasteiger partial charge in [0.2, 0.25) is 0 Å².